The maximum Gasteiger partial charge on any atom is 0.0541 e. The molecular formula is C12H25NO2. The van der Waals surface area contributed by atoms with Gasteiger partial charge in [-0.15, -0.1) is 0 Å². The van der Waals surface area contributed by atoms with Gasteiger partial charge in [-0.25, -0.2) is 0 Å². The number of nitrogens with one attached hydrogen (secondary N) is 1. The van der Waals surface area contributed by atoms with Crippen LogP contribution in [0.4, 0.5) is 0 Å². The van der Waals surface area contributed by atoms with E-state index in [1.54, 1.807) is 0 Å². The second kappa shape index (κ2) is 10.1. The van der Waals surface area contributed by atoms with Crippen LogP contribution in [0.2, 0.25) is 0 Å². The van der Waals surface area contributed by atoms with Crippen molar-refractivity contribution in [2.75, 3.05) is 0 Å². The van der Waals surface area contributed by atoms with Crippen molar-refractivity contribution < 1.29 is 10.2 Å². The molecule has 0 spiro atoms. The Morgan fingerprint density at radius 1 is 1.00 bits per heavy atom. The first-order chi connectivity index (χ1) is 7.20. The average Bonchev–Trinajstić information content (AvgIpc) is 2.22. The zero-order chi connectivity index (χ0) is 11.5. The molecule has 90 valence electrons. The summed E-state index contributed by atoms with van der Waals surface area (Å²) in [6, 6.07) is 0. The van der Waals surface area contributed by atoms with Crippen LogP contribution in [0.15, 0.2) is 0 Å². The third-order valence-corrected chi connectivity index (χ3v) is 2.59. The van der Waals surface area contributed by atoms with E-state index in [4.69, 9.17) is 5.41 Å². The van der Waals surface area contributed by atoms with Gasteiger partial charge in [-0.05, 0) is 44.7 Å². The molecule has 2 atom stereocenters. The first kappa shape index (κ1) is 14.6. The maximum atomic E-state index is 9.60. The number of hydrogen-bond donors (Lipinski definition) is 3. The van der Waals surface area contributed by atoms with Crippen molar-refractivity contribution in [3.8, 4) is 0 Å². The number of aliphatic hydroxyl groups excluding tert-OH is 2. The van der Waals surface area contributed by atoms with Gasteiger partial charge in [0, 0.05) is 0 Å². The number of unbranched alkanes of at least 4 members (excludes halogenated alkanes) is 2. The third kappa shape index (κ3) is 9.88. The number of hydrogen-bond acceptors (Lipinski definition) is 3. The molecule has 0 aliphatic carbocycles. The van der Waals surface area contributed by atoms with Crippen molar-refractivity contribution in [1.82, 2.24) is 0 Å². The van der Waals surface area contributed by atoms with E-state index in [0.717, 1.165) is 38.5 Å². The highest BCUT2D eigenvalue weighted by Crippen LogP contribution is 2.11. The van der Waals surface area contributed by atoms with Crippen LogP contribution in [-0.2, 0) is 0 Å². The van der Waals surface area contributed by atoms with Crippen LogP contribution in [0.5, 0.6) is 0 Å². The van der Waals surface area contributed by atoms with Gasteiger partial charge in [0.25, 0.3) is 0 Å². The lowest BCUT2D eigenvalue weighted by atomic mass is 10.0. The van der Waals surface area contributed by atoms with Crippen LogP contribution in [0.25, 0.3) is 0 Å². The molecule has 0 saturated carbocycles. The molecule has 0 amide bonds. The van der Waals surface area contributed by atoms with Crippen LogP contribution in [0.1, 0.15) is 58.3 Å². The molecule has 0 aliphatic heterocycles. The van der Waals surface area contributed by atoms with Crippen LogP contribution in [0, 0.1) is 5.41 Å². The fourth-order valence-electron chi connectivity index (χ4n) is 1.63. The third-order valence-electron chi connectivity index (χ3n) is 2.59. The SMILES string of the molecule is CCCC(O)CCC(O)CCCCC=N. The molecule has 0 rings (SSSR count). The normalized spacial score (nSPS) is 14.9. The predicted molar refractivity (Wildman–Crippen MR) is 63.4 cm³/mol. The van der Waals surface area contributed by atoms with E-state index in [2.05, 4.69) is 6.92 Å². The van der Waals surface area contributed by atoms with Crippen molar-refractivity contribution in [1.29, 1.82) is 5.41 Å². The zero-order valence-electron chi connectivity index (χ0n) is 9.78. The summed E-state index contributed by atoms with van der Waals surface area (Å²) in [7, 11) is 0. The minimum Gasteiger partial charge on any atom is -0.393 e. The highest BCUT2D eigenvalue weighted by Gasteiger charge is 2.08. The summed E-state index contributed by atoms with van der Waals surface area (Å²) in [4.78, 5) is 0. The summed E-state index contributed by atoms with van der Waals surface area (Å²) in [6.07, 6.45) is 7.70. The molecule has 0 aromatic rings. The van der Waals surface area contributed by atoms with E-state index >= 15 is 0 Å². The topological polar surface area (TPSA) is 64.3 Å². The van der Waals surface area contributed by atoms with Crippen molar-refractivity contribution in [3.05, 3.63) is 0 Å². The minimum atomic E-state index is -0.276. The molecule has 0 aromatic heterocycles. The molecule has 0 aromatic carbocycles. The van der Waals surface area contributed by atoms with Gasteiger partial charge < -0.3 is 15.6 Å². The summed E-state index contributed by atoms with van der Waals surface area (Å²) >= 11 is 0. The Morgan fingerprint density at radius 3 is 2.13 bits per heavy atom. The van der Waals surface area contributed by atoms with Gasteiger partial charge in [-0.2, -0.15) is 0 Å². The predicted octanol–water partition coefficient (Wildman–Crippen LogP) is 2.50. The first-order valence-corrected chi connectivity index (χ1v) is 6.05. The molecule has 0 aliphatic rings. The van der Waals surface area contributed by atoms with Gasteiger partial charge in [-0.3, -0.25) is 0 Å². The molecule has 3 N–H and O–H groups in total. The molecule has 3 heteroatoms. The molecule has 0 saturated heterocycles. The lowest BCUT2D eigenvalue weighted by molar-refractivity contribution is 0.102. The Bertz CT molecular complexity index is 151. The van der Waals surface area contributed by atoms with Crippen molar-refractivity contribution in [2.45, 2.75) is 70.5 Å². The van der Waals surface area contributed by atoms with Crippen LogP contribution in [0.3, 0.4) is 0 Å². The molecular weight excluding hydrogens is 190 g/mol. The van der Waals surface area contributed by atoms with E-state index in [1.165, 1.54) is 6.21 Å². The highest BCUT2D eigenvalue weighted by atomic mass is 16.3. The van der Waals surface area contributed by atoms with E-state index in [1.807, 2.05) is 0 Å². The number of rotatable bonds is 10. The molecule has 0 bridgehead atoms. The molecule has 0 radical (unpaired) electrons. The van der Waals surface area contributed by atoms with Crippen molar-refractivity contribution >= 4 is 6.21 Å². The molecule has 3 nitrogen and oxygen atoms in total. The average molecular weight is 215 g/mol. The number of aliphatic hydroxyl groups is 2. The Hall–Kier alpha value is -0.410. The van der Waals surface area contributed by atoms with E-state index in [0.29, 0.717) is 12.8 Å². The second-order valence-electron chi connectivity index (χ2n) is 4.16. The fourth-order valence-corrected chi connectivity index (χ4v) is 1.63. The molecule has 0 heterocycles. The summed E-state index contributed by atoms with van der Waals surface area (Å²) in [5.41, 5.74) is 0. The van der Waals surface area contributed by atoms with E-state index in [9.17, 15) is 10.2 Å². The monoisotopic (exact) mass is 215 g/mol. The Balaban J connectivity index is 3.31. The van der Waals surface area contributed by atoms with E-state index < -0.39 is 0 Å². The van der Waals surface area contributed by atoms with Crippen LogP contribution >= 0.6 is 0 Å². The van der Waals surface area contributed by atoms with Gasteiger partial charge in [0.05, 0.1) is 12.2 Å². The van der Waals surface area contributed by atoms with Gasteiger partial charge in [0.2, 0.25) is 0 Å². The van der Waals surface area contributed by atoms with Gasteiger partial charge in [0.15, 0.2) is 0 Å². The smallest absolute Gasteiger partial charge is 0.0541 e. The maximum absolute atomic E-state index is 9.60. The van der Waals surface area contributed by atoms with Crippen molar-refractivity contribution in [2.24, 2.45) is 0 Å². The fraction of sp³-hybridized carbons (Fsp3) is 0.917. The zero-order valence-corrected chi connectivity index (χ0v) is 9.78. The van der Waals surface area contributed by atoms with Gasteiger partial charge in [-0.1, -0.05) is 19.8 Å². The van der Waals surface area contributed by atoms with E-state index in [-0.39, 0.29) is 12.2 Å². The Kier molecular flexibility index (Phi) is 9.84. The largest absolute Gasteiger partial charge is 0.393 e. The quantitative estimate of drug-likeness (QED) is 0.387. The summed E-state index contributed by atoms with van der Waals surface area (Å²) in [6.45, 7) is 2.05. The standard InChI is InChI=1S/C12H25NO2/c1-2-6-11(14)8-9-12(15)7-4-3-5-10-13/h10-15H,2-9H2,1H3. The summed E-state index contributed by atoms with van der Waals surface area (Å²) < 4.78 is 0. The summed E-state index contributed by atoms with van der Waals surface area (Å²) in [5, 5.41) is 25.9. The van der Waals surface area contributed by atoms with Gasteiger partial charge in [0.1, 0.15) is 0 Å². The molecule has 15 heavy (non-hydrogen) atoms. The van der Waals surface area contributed by atoms with Crippen LogP contribution < -0.4 is 0 Å². The van der Waals surface area contributed by atoms with Crippen molar-refractivity contribution in [3.63, 3.8) is 0 Å². The highest BCUT2D eigenvalue weighted by molar-refractivity contribution is 5.52. The lowest BCUT2D eigenvalue weighted by Crippen LogP contribution is -2.13. The second-order valence-corrected chi connectivity index (χ2v) is 4.16. The first-order valence-electron chi connectivity index (χ1n) is 6.05. The summed E-state index contributed by atoms with van der Waals surface area (Å²) in [5.74, 6) is 0. The Morgan fingerprint density at radius 2 is 1.60 bits per heavy atom. The molecule has 2 unspecified atom stereocenters. The molecule has 0 fully saturated rings. The van der Waals surface area contributed by atoms with Crippen LogP contribution in [-0.4, -0.2) is 28.6 Å². The lowest BCUT2D eigenvalue weighted by Gasteiger charge is -2.13. The van der Waals surface area contributed by atoms with Gasteiger partial charge >= 0.3 is 0 Å². The Labute approximate surface area is 93.0 Å². The minimum absolute atomic E-state index is 0.244.